The predicted octanol–water partition coefficient (Wildman–Crippen LogP) is 4.25. The normalized spacial score (nSPS) is 14.3. The molecule has 2 aromatic heterocycles. The van der Waals surface area contributed by atoms with Crippen LogP contribution in [0.25, 0.3) is 28.0 Å². The quantitative estimate of drug-likeness (QED) is 0.750. The number of anilines is 1. The summed E-state index contributed by atoms with van der Waals surface area (Å²) in [7, 11) is 4.24. The summed E-state index contributed by atoms with van der Waals surface area (Å²) in [5, 5.41) is 2.36. The van der Waals surface area contributed by atoms with Crippen molar-refractivity contribution >= 4 is 33.7 Å². The fraction of sp³-hybridized carbons (Fsp3) is 0.409. The smallest absolute Gasteiger partial charge is 0.143 e. The Morgan fingerprint density at radius 2 is 2.08 bits per heavy atom. The molecule has 4 rings (SSSR count). The average Bonchev–Trinajstić information content (AvgIpc) is 2.95. The number of aryl methyl sites for hydroxylation is 2. The number of aromatic nitrogens is 2. The zero-order valence-electron chi connectivity index (χ0n) is 15.9. The van der Waals surface area contributed by atoms with Crippen LogP contribution in [-0.2, 0) is 19.4 Å². The molecule has 2 heterocycles. The van der Waals surface area contributed by atoms with Crippen LogP contribution in [0, 0.1) is 0 Å². The number of rotatable bonds is 5. The molecule has 136 valence electrons. The van der Waals surface area contributed by atoms with Crippen LogP contribution in [0.1, 0.15) is 36.1 Å². The van der Waals surface area contributed by atoms with Crippen molar-refractivity contribution < 1.29 is 0 Å². The summed E-state index contributed by atoms with van der Waals surface area (Å²) >= 11 is 0. The topological polar surface area (TPSA) is 47.1 Å². The summed E-state index contributed by atoms with van der Waals surface area (Å²) in [5.41, 5.74) is 13.5. The monoisotopic (exact) mass is 348 g/mol. The maximum Gasteiger partial charge on any atom is 0.143 e. The molecule has 1 aliphatic rings. The zero-order chi connectivity index (χ0) is 18.3. The van der Waals surface area contributed by atoms with Crippen LogP contribution in [-0.4, -0.2) is 35.1 Å². The largest absolute Gasteiger partial charge is 0.398 e. The van der Waals surface area contributed by atoms with Gasteiger partial charge >= 0.3 is 0 Å². The van der Waals surface area contributed by atoms with E-state index in [1.807, 2.05) is 6.08 Å². The minimum atomic E-state index is 0.948. The van der Waals surface area contributed by atoms with Crippen LogP contribution in [0.15, 0.2) is 24.8 Å². The van der Waals surface area contributed by atoms with Crippen LogP contribution in [0.2, 0.25) is 0 Å². The van der Waals surface area contributed by atoms with E-state index in [9.17, 15) is 0 Å². The van der Waals surface area contributed by atoms with Crippen molar-refractivity contribution in [2.24, 2.45) is 0 Å². The molecule has 0 atom stereocenters. The average molecular weight is 348 g/mol. The molecule has 0 aliphatic heterocycles. The Morgan fingerprint density at radius 1 is 1.27 bits per heavy atom. The zero-order valence-corrected chi connectivity index (χ0v) is 15.9. The highest BCUT2D eigenvalue weighted by molar-refractivity contribution is 6.13. The number of hydrogen-bond acceptors (Lipinski definition) is 3. The third kappa shape index (κ3) is 2.78. The van der Waals surface area contributed by atoms with E-state index in [0.29, 0.717) is 0 Å². The van der Waals surface area contributed by atoms with Crippen molar-refractivity contribution in [1.82, 2.24) is 14.5 Å². The lowest BCUT2D eigenvalue weighted by molar-refractivity contribution is 0.389. The third-order valence-electron chi connectivity index (χ3n) is 5.56. The molecule has 3 aromatic rings. The fourth-order valence-electron chi connectivity index (χ4n) is 4.21. The number of fused-ring (bicyclic) bond motifs is 4. The van der Waals surface area contributed by atoms with Crippen LogP contribution >= 0.6 is 0 Å². The standard InChI is InChI=1S/C22H28N4/c1-4-15-10-11-17-19(14-15)26(13-7-12-25(2)3)22-20(17)21(23)16-8-5-6-9-18(16)24-22/h4,10-11,14H,1,5-9,12-13H2,2-3H3,(H2,23,24). The van der Waals surface area contributed by atoms with Gasteiger partial charge in [0.1, 0.15) is 5.65 Å². The molecule has 0 saturated heterocycles. The first-order valence-corrected chi connectivity index (χ1v) is 9.60. The highest BCUT2D eigenvalue weighted by Gasteiger charge is 2.21. The van der Waals surface area contributed by atoms with Gasteiger partial charge < -0.3 is 15.2 Å². The van der Waals surface area contributed by atoms with Crippen molar-refractivity contribution in [2.75, 3.05) is 26.4 Å². The van der Waals surface area contributed by atoms with Crippen LogP contribution in [0.4, 0.5) is 5.69 Å². The second kappa shape index (κ2) is 6.76. The first-order chi connectivity index (χ1) is 12.6. The first kappa shape index (κ1) is 17.1. The van der Waals surface area contributed by atoms with Gasteiger partial charge in [0, 0.05) is 23.3 Å². The van der Waals surface area contributed by atoms with Crippen LogP contribution < -0.4 is 5.73 Å². The van der Waals surface area contributed by atoms with E-state index in [-0.39, 0.29) is 0 Å². The molecule has 26 heavy (non-hydrogen) atoms. The van der Waals surface area contributed by atoms with E-state index in [4.69, 9.17) is 10.7 Å². The molecule has 0 amide bonds. The Morgan fingerprint density at radius 3 is 2.85 bits per heavy atom. The predicted molar refractivity (Wildman–Crippen MR) is 112 cm³/mol. The van der Waals surface area contributed by atoms with Gasteiger partial charge in [-0.2, -0.15) is 0 Å². The van der Waals surface area contributed by atoms with Gasteiger partial charge in [0.15, 0.2) is 0 Å². The van der Waals surface area contributed by atoms with Gasteiger partial charge in [-0.05, 0) is 69.9 Å². The van der Waals surface area contributed by atoms with Gasteiger partial charge in [-0.15, -0.1) is 0 Å². The van der Waals surface area contributed by atoms with E-state index in [1.54, 1.807) is 0 Å². The van der Waals surface area contributed by atoms with Crippen LogP contribution in [0.3, 0.4) is 0 Å². The Labute approximate surface area is 155 Å². The highest BCUT2D eigenvalue weighted by atomic mass is 15.1. The van der Waals surface area contributed by atoms with Gasteiger partial charge in [-0.25, -0.2) is 4.98 Å². The molecule has 0 bridgehead atoms. The van der Waals surface area contributed by atoms with E-state index in [0.717, 1.165) is 54.6 Å². The molecule has 0 fully saturated rings. The number of hydrogen-bond donors (Lipinski definition) is 1. The molecule has 1 aliphatic carbocycles. The Hall–Kier alpha value is -2.33. The number of nitrogen functional groups attached to an aromatic ring is 1. The molecule has 0 unspecified atom stereocenters. The highest BCUT2D eigenvalue weighted by Crippen LogP contribution is 2.38. The molecule has 1 aromatic carbocycles. The van der Waals surface area contributed by atoms with E-state index in [2.05, 4.69) is 48.3 Å². The Balaban J connectivity index is 1.97. The van der Waals surface area contributed by atoms with Crippen molar-refractivity contribution in [1.29, 1.82) is 0 Å². The minimum absolute atomic E-state index is 0.948. The molecule has 2 N–H and O–H groups in total. The van der Waals surface area contributed by atoms with Crippen LogP contribution in [0.5, 0.6) is 0 Å². The fourth-order valence-corrected chi connectivity index (χ4v) is 4.21. The van der Waals surface area contributed by atoms with E-state index >= 15 is 0 Å². The van der Waals surface area contributed by atoms with Gasteiger partial charge in [-0.3, -0.25) is 0 Å². The second-order valence-corrected chi connectivity index (χ2v) is 7.65. The summed E-state index contributed by atoms with van der Waals surface area (Å²) in [6.07, 6.45) is 7.53. The number of benzene rings is 1. The summed E-state index contributed by atoms with van der Waals surface area (Å²) in [6, 6.07) is 6.53. The summed E-state index contributed by atoms with van der Waals surface area (Å²) in [6.45, 7) is 5.94. The molecule has 0 saturated carbocycles. The van der Waals surface area contributed by atoms with Crippen molar-refractivity contribution in [2.45, 2.75) is 38.6 Å². The number of pyridine rings is 1. The molecular formula is C22H28N4. The summed E-state index contributed by atoms with van der Waals surface area (Å²) in [5.74, 6) is 0. The lowest BCUT2D eigenvalue weighted by Crippen LogP contribution is -2.15. The lowest BCUT2D eigenvalue weighted by atomic mass is 9.93. The maximum atomic E-state index is 6.68. The lowest BCUT2D eigenvalue weighted by Gasteiger charge is -2.18. The van der Waals surface area contributed by atoms with Gasteiger partial charge in [0.2, 0.25) is 0 Å². The van der Waals surface area contributed by atoms with Gasteiger partial charge in [0.25, 0.3) is 0 Å². The molecule has 4 heteroatoms. The Kier molecular flexibility index (Phi) is 4.45. The SMILES string of the molecule is C=Cc1ccc2c3c(N)c4c(nc3n(CCCN(C)C)c2c1)CCCC4. The minimum Gasteiger partial charge on any atom is -0.398 e. The van der Waals surface area contributed by atoms with Crippen molar-refractivity contribution in [3.8, 4) is 0 Å². The van der Waals surface area contributed by atoms with Gasteiger partial charge in [-0.1, -0.05) is 24.8 Å². The Bertz CT molecular complexity index is 981. The summed E-state index contributed by atoms with van der Waals surface area (Å²) < 4.78 is 2.37. The molecular weight excluding hydrogens is 320 g/mol. The molecule has 0 radical (unpaired) electrons. The van der Waals surface area contributed by atoms with Gasteiger partial charge in [0.05, 0.1) is 10.9 Å². The summed E-state index contributed by atoms with van der Waals surface area (Å²) in [4.78, 5) is 7.34. The maximum absolute atomic E-state index is 6.68. The number of nitrogens with two attached hydrogens (primary N) is 1. The van der Waals surface area contributed by atoms with E-state index < -0.39 is 0 Å². The molecule has 0 spiro atoms. The number of nitrogens with zero attached hydrogens (tertiary/aromatic N) is 3. The third-order valence-corrected chi connectivity index (χ3v) is 5.56. The van der Waals surface area contributed by atoms with E-state index in [1.165, 1.54) is 35.0 Å². The molecule has 4 nitrogen and oxygen atoms in total. The first-order valence-electron chi connectivity index (χ1n) is 9.60. The van der Waals surface area contributed by atoms with Crippen molar-refractivity contribution in [3.05, 3.63) is 41.6 Å². The second-order valence-electron chi connectivity index (χ2n) is 7.65. The van der Waals surface area contributed by atoms with Crippen molar-refractivity contribution in [3.63, 3.8) is 0 Å².